The van der Waals surface area contributed by atoms with E-state index in [4.69, 9.17) is 9.47 Å². The fourth-order valence-electron chi connectivity index (χ4n) is 3.51. The van der Waals surface area contributed by atoms with E-state index in [1.165, 1.54) is 25.1 Å². The summed E-state index contributed by atoms with van der Waals surface area (Å²) in [4.78, 5) is 5.14. The fraction of sp³-hybridized carbons (Fsp3) is 0.625. The molecule has 0 saturated carbocycles. The number of ether oxygens (including phenoxy) is 2. The highest BCUT2D eigenvalue weighted by atomic mass is 16.5. The summed E-state index contributed by atoms with van der Waals surface area (Å²) >= 11 is 0. The van der Waals surface area contributed by atoms with Gasteiger partial charge in [-0.2, -0.15) is 0 Å². The summed E-state index contributed by atoms with van der Waals surface area (Å²) in [7, 11) is 3.41. The van der Waals surface area contributed by atoms with Gasteiger partial charge >= 0.3 is 0 Å². The van der Waals surface area contributed by atoms with E-state index in [1.807, 2.05) is 6.07 Å². The van der Waals surface area contributed by atoms with Crippen molar-refractivity contribution < 1.29 is 9.47 Å². The molecule has 0 aliphatic carbocycles. The fourth-order valence-corrected chi connectivity index (χ4v) is 3.51. The molecule has 2 atom stereocenters. The van der Waals surface area contributed by atoms with E-state index < -0.39 is 0 Å². The first-order chi connectivity index (χ1) is 9.71. The van der Waals surface area contributed by atoms with Crippen molar-refractivity contribution in [1.82, 2.24) is 4.90 Å². The van der Waals surface area contributed by atoms with E-state index in [0.717, 1.165) is 24.6 Å². The van der Waals surface area contributed by atoms with Crippen LogP contribution >= 0.6 is 0 Å². The summed E-state index contributed by atoms with van der Waals surface area (Å²) in [6, 6.07) is 7.40. The van der Waals surface area contributed by atoms with Crippen LogP contribution in [0.1, 0.15) is 19.8 Å². The Morgan fingerprint density at radius 1 is 1.05 bits per heavy atom. The van der Waals surface area contributed by atoms with Crippen molar-refractivity contribution >= 4 is 5.69 Å². The molecular weight excluding hydrogens is 252 g/mol. The number of benzene rings is 1. The smallest absolute Gasteiger partial charge is 0.124 e. The highest BCUT2D eigenvalue weighted by molar-refractivity contribution is 5.56. The van der Waals surface area contributed by atoms with Gasteiger partial charge in [-0.25, -0.2) is 0 Å². The molecule has 0 aromatic heterocycles. The third-order valence-electron chi connectivity index (χ3n) is 4.61. The van der Waals surface area contributed by atoms with E-state index in [0.29, 0.717) is 12.1 Å². The lowest BCUT2D eigenvalue weighted by Crippen LogP contribution is -2.55. The van der Waals surface area contributed by atoms with E-state index >= 15 is 0 Å². The number of anilines is 1. The molecule has 2 aliphatic heterocycles. The normalized spacial score (nSPS) is 26.4. The molecule has 2 saturated heterocycles. The SMILES string of the molecule is COc1cc(OC)cc(N2CC3CCCN3CC2C)c1. The molecule has 0 bridgehead atoms. The zero-order valence-electron chi connectivity index (χ0n) is 12.6. The molecule has 4 nitrogen and oxygen atoms in total. The minimum atomic E-state index is 0.529. The number of rotatable bonds is 3. The number of fused-ring (bicyclic) bond motifs is 1. The summed E-state index contributed by atoms with van der Waals surface area (Å²) in [5.41, 5.74) is 1.21. The van der Waals surface area contributed by atoms with Crippen molar-refractivity contribution in [3.05, 3.63) is 18.2 Å². The zero-order valence-corrected chi connectivity index (χ0v) is 12.6. The molecule has 2 fully saturated rings. The lowest BCUT2D eigenvalue weighted by molar-refractivity contribution is 0.203. The molecular formula is C16H24N2O2. The van der Waals surface area contributed by atoms with Crippen LogP contribution in [0, 0.1) is 0 Å². The third-order valence-corrected chi connectivity index (χ3v) is 4.61. The molecule has 110 valence electrons. The minimum Gasteiger partial charge on any atom is -0.497 e. The molecule has 2 heterocycles. The van der Waals surface area contributed by atoms with Crippen LogP contribution in [-0.2, 0) is 0 Å². The van der Waals surface area contributed by atoms with Gasteiger partial charge in [0.1, 0.15) is 11.5 Å². The lowest BCUT2D eigenvalue weighted by atomic mass is 10.1. The van der Waals surface area contributed by atoms with E-state index in [9.17, 15) is 0 Å². The van der Waals surface area contributed by atoms with Gasteiger partial charge in [0, 0.05) is 49.1 Å². The van der Waals surface area contributed by atoms with Gasteiger partial charge in [-0.15, -0.1) is 0 Å². The third kappa shape index (κ3) is 2.44. The van der Waals surface area contributed by atoms with E-state index in [1.54, 1.807) is 14.2 Å². The maximum Gasteiger partial charge on any atom is 0.124 e. The Balaban J connectivity index is 1.87. The van der Waals surface area contributed by atoms with E-state index in [2.05, 4.69) is 28.9 Å². The van der Waals surface area contributed by atoms with Crippen LogP contribution in [-0.4, -0.2) is 50.8 Å². The van der Waals surface area contributed by atoms with Gasteiger partial charge in [-0.05, 0) is 26.3 Å². The predicted molar refractivity (Wildman–Crippen MR) is 80.9 cm³/mol. The Hall–Kier alpha value is -1.42. The molecule has 4 heteroatoms. The second kappa shape index (κ2) is 5.52. The largest absolute Gasteiger partial charge is 0.497 e. The first-order valence-electron chi connectivity index (χ1n) is 7.45. The van der Waals surface area contributed by atoms with Gasteiger partial charge in [0.05, 0.1) is 14.2 Å². The average Bonchev–Trinajstić information content (AvgIpc) is 2.92. The molecule has 2 aliphatic rings. The number of hydrogen-bond acceptors (Lipinski definition) is 4. The second-order valence-corrected chi connectivity index (χ2v) is 5.86. The molecule has 0 radical (unpaired) electrons. The van der Waals surface area contributed by atoms with Crippen molar-refractivity contribution in [2.75, 3.05) is 38.8 Å². The Morgan fingerprint density at radius 3 is 2.40 bits per heavy atom. The maximum atomic E-state index is 5.39. The van der Waals surface area contributed by atoms with Crippen LogP contribution in [0.5, 0.6) is 11.5 Å². The number of piperazine rings is 1. The average molecular weight is 276 g/mol. The van der Waals surface area contributed by atoms with Gasteiger partial charge in [-0.3, -0.25) is 4.90 Å². The Morgan fingerprint density at radius 2 is 1.75 bits per heavy atom. The van der Waals surface area contributed by atoms with Crippen LogP contribution in [0.2, 0.25) is 0 Å². The van der Waals surface area contributed by atoms with Gasteiger partial charge in [-0.1, -0.05) is 0 Å². The standard InChI is InChI=1S/C16H24N2O2/c1-12-10-17-6-4-5-13(17)11-18(12)14-7-15(19-2)9-16(8-14)20-3/h7-9,12-13H,4-6,10-11H2,1-3H3. The van der Waals surface area contributed by atoms with Crippen molar-refractivity contribution in [3.8, 4) is 11.5 Å². The second-order valence-electron chi connectivity index (χ2n) is 5.86. The van der Waals surface area contributed by atoms with Crippen LogP contribution < -0.4 is 14.4 Å². The lowest BCUT2D eigenvalue weighted by Gasteiger charge is -2.43. The topological polar surface area (TPSA) is 24.9 Å². The summed E-state index contributed by atoms with van der Waals surface area (Å²) in [5, 5.41) is 0. The maximum absolute atomic E-state index is 5.39. The number of hydrogen-bond donors (Lipinski definition) is 0. The molecule has 0 spiro atoms. The molecule has 3 rings (SSSR count). The molecule has 0 amide bonds. The minimum absolute atomic E-state index is 0.529. The highest BCUT2D eigenvalue weighted by Gasteiger charge is 2.34. The number of methoxy groups -OCH3 is 2. The molecule has 20 heavy (non-hydrogen) atoms. The van der Waals surface area contributed by atoms with Gasteiger partial charge in [0.25, 0.3) is 0 Å². The first-order valence-corrected chi connectivity index (χ1v) is 7.45. The molecule has 0 N–H and O–H groups in total. The predicted octanol–water partition coefficient (Wildman–Crippen LogP) is 2.38. The van der Waals surface area contributed by atoms with Crippen molar-refractivity contribution in [1.29, 1.82) is 0 Å². The van der Waals surface area contributed by atoms with Gasteiger partial charge in [0.15, 0.2) is 0 Å². The monoisotopic (exact) mass is 276 g/mol. The van der Waals surface area contributed by atoms with E-state index in [-0.39, 0.29) is 0 Å². The van der Waals surface area contributed by atoms with Gasteiger partial charge in [0.2, 0.25) is 0 Å². The van der Waals surface area contributed by atoms with Crippen LogP contribution in [0.4, 0.5) is 5.69 Å². The molecule has 1 aromatic carbocycles. The Kier molecular flexibility index (Phi) is 3.74. The summed E-state index contributed by atoms with van der Waals surface area (Å²) in [6.07, 6.45) is 2.66. The molecule has 2 unspecified atom stereocenters. The quantitative estimate of drug-likeness (QED) is 0.846. The summed E-state index contributed by atoms with van der Waals surface area (Å²) in [5.74, 6) is 1.72. The summed E-state index contributed by atoms with van der Waals surface area (Å²) in [6.45, 7) is 5.84. The Labute approximate surface area is 121 Å². The van der Waals surface area contributed by atoms with Crippen LogP contribution in [0.3, 0.4) is 0 Å². The number of nitrogens with zero attached hydrogens (tertiary/aromatic N) is 2. The molecule has 1 aromatic rings. The Bertz CT molecular complexity index is 455. The highest BCUT2D eigenvalue weighted by Crippen LogP contribution is 2.33. The first kappa shape index (κ1) is 13.6. The van der Waals surface area contributed by atoms with Gasteiger partial charge < -0.3 is 14.4 Å². The van der Waals surface area contributed by atoms with Crippen LogP contribution in [0.25, 0.3) is 0 Å². The van der Waals surface area contributed by atoms with Crippen LogP contribution in [0.15, 0.2) is 18.2 Å². The van der Waals surface area contributed by atoms with Crippen molar-refractivity contribution in [3.63, 3.8) is 0 Å². The van der Waals surface area contributed by atoms with Crippen molar-refractivity contribution in [2.45, 2.75) is 31.8 Å². The zero-order chi connectivity index (χ0) is 14.1. The summed E-state index contributed by atoms with van der Waals surface area (Å²) < 4.78 is 10.8. The van der Waals surface area contributed by atoms with Crippen molar-refractivity contribution in [2.24, 2.45) is 0 Å².